The normalized spacial score (nSPS) is 13.9. The molecule has 0 aliphatic carbocycles. The Morgan fingerprint density at radius 1 is 1.05 bits per heavy atom. The first kappa shape index (κ1) is 12.5. The van der Waals surface area contributed by atoms with E-state index < -0.39 is 0 Å². The van der Waals surface area contributed by atoms with Gasteiger partial charge in [-0.15, -0.1) is 0 Å². The van der Waals surface area contributed by atoms with E-state index in [9.17, 15) is 0 Å². The van der Waals surface area contributed by atoms with Gasteiger partial charge in [-0.2, -0.15) is 0 Å². The Bertz CT molecular complexity index is 814. The molecule has 1 aromatic heterocycles. The maximum Gasteiger partial charge on any atom is 0.0460 e. The van der Waals surface area contributed by atoms with E-state index in [1.54, 1.807) is 0 Å². The van der Waals surface area contributed by atoms with Gasteiger partial charge in [-0.05, 0) is 60.7 Å². The van der Waals surface area contributed by atoms with Crippen LogP contribution in [0.4, 0.5) is 5.69 Å². The van der Waals surface area contributed by atoms with E-state index in [1.165, 1.54) is 38.8 Å². The van der Waals surface area contributed by atoms with Crippen molar-refractivity contribution in [3.8, 4) is 0 Å². The number of H-pyrrole nitrogens is 1. The molecular weight excluding hydrogens is 256 g/mol. The van der Waals surface area contributed by atoms with E-state index in [0.29, 0.717) is 0 Å². The van der Waals surface area contributed by atoms with Crippen molar-refractivity contribution < 1.29 is 0 Å². The molecule has 0 unspecified atom stereocenters. The minimum Gasteiger partial charge on any atom is -0.367 e. The lowest BCUT2D eigenvalue weighted by Crippen LogP contribution is -2.19. The summed E-state index contributed by atoms with van der Waals surface area (Å²) in [6.45, 7) is 6.46. The molecule has 2 aromatic carbocycles. The summed E-state index contributed by atoms with van der Waals surface area (Å²) in [6.07, 6.45) is 3.20. The Labute approximate surface area is 125 Å². The molecule has 1 aliphatic rings. The maximum atomic E-state index is 3.34. The Balaban J connectivity index is 1.74. The van der Waals surface area contributed by atoms with Crippen LogP contribution in [-0.4, -0.2) is 11.5 Å². The van der Waals surface area contributed by atoms with E-state index in [0.717, 1.165) is 19.5 Å². The number of hydrogen-bond acceptors (Lipinski definition) is 1. The van der Waals surface area contributed by atoms with Crippen molar-refractivity contribution in [2.75, 3.05) is 11.4 Å². The van der Waals surface area contributed by atoms with Crippen molar-refractivity contribution in [2.24, 2.45) is 0 Å². The van der Waals surface area contributed by atoms with Crippen molar-refractivity contribution in [3.63, 3.8) is 0 Å². The third kappa shape index (κ3) is 2.11. The third-order valence-electron chi connectivity index (χ3n) is 4.49. The summed E-state index contributed by atoms with van der Waals surface area (Å²) in [5.41, 5.74) is 8.23. The van der Waals surface area contributed by atoms with Gasteiger partial charge < -0.3 is 9.88 Å². The largest absolute Gasteiger partial charge is 0.367 e. The fraction of sp³-hybridized carbons (Fsp3) is 0.263. The quantitative estimate of drug-likeness (QED) is 0.737. The molecule has 0 saturated carbocycles. The van der Waals surface area contributed by atoms with Crippen LogP contribution in [0.25, 0.3) is 10.9 Å². The molecule has 3 aromatic rings. The number of fused-ring (bicyclic) bond motifs is 2. The molecule has 1 aliphatic heterocycles. The molecule has 0 spiro atoms. The lowest BCUT2D eigenvalue weighted by Gasteiger charge is -2.21. The van der Waals surface area contributed by atoms with Gasteiger partial charge in [0.2, 0.25) is 0 Å². The van der Waals surface area contributed by atoms with Crippen molar-refractivity contribution in [2.45, 2.75) is 26.8 Å². The number of rotatable bonds is 2. The first-order chi connectivity index (χ1) is 10.2. The molecule has 106 valence electrons. The molecule has 0 fully saturated rings. The average Bonchev–Trinajstić information content (AvgIpc) is 3.06. The summed E-state index contributed by atoms with van der Waals surface area (Å²) in [5.74, 6) is 0. The lowest BCUT2D eigenvalue weighted by atomic mass is 10.1. The van der Waals surface area contributed by atoms with Crippen LogP contribution in [0.3, 0.4) is 0 Å². The summed E-state index contributed by atoms with van der Waals surface area (Å²) in [4.78, 5) is 5.85. The molecule has 0 amide bonds. The number of hydrogen-bond donors (Lipinski definition) is 1. The minimum absolute atomic E-state index is 0.993. The summed E-state index contributed by atoms with van der Waals surface area (Å²) < 4.78 is 0. The second kappa shape index (κ2) is 4.66. The Hall–Kier alpha value is -2.22. The fourth-order valence-electron chi connectivity index (χ4n) is 3.46. The van der Waals surface area contributed by atoms with E-state index in [4.69, 9.17) is 0 Å². The van der Waals surface area contributed by atoms with Crippen LogP contribution in [0.2, 0.25) is 0 Å². The number of nitrogens with zero attached hydrogens (tertiary/aromatic N) is 1. The zero-order chi connectivity index (χ0) is 14.4. The summed E-state index contributed by atoms with van der Waals surface area (Å²) in [7, 11) is 0. The van der Waals surface area contributed by atoms with Crippen LogP contribution in [-0.2, 0) is 13.0 Å². The van der Waals surface area contributed by atoms with E-state index in [2.05, 4.69) is 60.1 Å². The second-order valence-electron chi connectivity index (χ2n) is 6.17. The Kier molecular flexibility index (Phi) is 2.78. The van der Waals surface area contributed by atoms with Gasteiger partial charge >= 0.3 is 0 Å². The average molecular weight is 276 g/mol. The van der Waals surface area contributed by atoms with Gasteiger partial charge in [-0.1, -0.05) is 18.2 Å². The van der Waals surface area contributed by atoms with Crippen molar-refractivity contribution >= 4 is 16.6 Å². The van der Waals surface area contributed by atoms with Gasteiger partial charge in [-0.3, -0.25) is 0 Å². The van der Waals surface area contributed by atoms with Crippen LogP contribution in [0, 0.1) is 13.8 Å². The van der Waals surface area contributed by atoms with Crippen LogP contribution >= 0.6 is 0 Å². The standard InChI is InChI=1S/C19H20N2/c1-13-3-4-15-6-8-21(19(15)11-13)12-16-9-14(2)10-18-17(16)5-7-20-18/h3-5,7,9-11,20H,6,8,12H2,1-2H3. The molecule has 0 bridgehead atoms. The molecule has 2 heterocycles. The summed E-state index contributed by atoms with van der Waals surface area (Å²) in [5, 5.41) is 1.35. The van der Waals surface area contributed by atoms with Crippen LogP contribution < -0.4 is 4.90 Å². The van der Waals surface area contributed by atoms with Gasteiger partial charge in [0.25, 0.3) is 0 Å². The van der Waals surface area contributed by atoms with E-state index in [1.807, 2.05) is 6.20 Å². The third-order valence-corrected chi connectivity index (χ3v) is 4.49. The molecule has 0 saturated heterocycles. The van der Waals surface area contributed by atoms with Gasteiger partial charge in [0.05, 0.1) is 0 Å². The van der Waals surface area contributed by atoms with E-state index in [-0.39, 0.29) is 0 Å². The molecule has 2 heteroatoms. The van der Waals surface area contributed by atoms with Crippen molar-refractivity contribution in [1.82, 2.24) is 4.98 Å². The number of benzene rings is 2. The highest BCUT2D eigenvalue weighted by molar-refractivity contribution is 5.84. The molecule has 0 atom stereocenters. The zero-order valence-electron chi connectivity index (χ0n) is 12.6. The summed E-state index contributed by atoms with van der Waals surface area (Å²) >= 11 is 0. The molecule has 2 nitrogen and oxygen atoms in total. The zero-order valence-corrected chi connectivity index (χ0v) is 12.6. The molecular formula is C19H20N2. The SMILES string of the molecule is Cc1ccc2c(c1)N(Cc1cc(C)cc3[nH]ccc13)CC2. The van der Waals surface area contributed by atoms with E-state index >= 15 is 0 Å². The summed E-state index contributed by atoms with van der Waals surface area (Å²) in [6, 6.07) is 13.6. The molecule has 21 heavy (non-hydrogen) atoms. The first-order valence-electron chi connectivity index (χ1n) is 7.62. The van der Waals surface area contributed by atoms with Gasteiger partial charge in [0.1, 0.15) is 0 Å². The molecule has 4 rings (SSSR count). The highest BCUT2D eigenvalue weighted by atomic mass is 15.1. The fourth-order valence-corrected chi connectivity index (χ4v) is 3.46. The maximum absolute atomic E-state index is 3.34. The monoisotopic (exact) mass is 276 g/mol. The smallest absolute Gasteiger partial charge is 0.0460 e. The topological polar surface area (TPSA) is 19.0 Å². The molecule has 1 N–H and O–H groups in total. The number of aromatic amines is 1. The number of anilines is 1. The minimum atomic E-state index is 0.993. The lowest BCUT2D eigenvalue weighted by molar-refractivity contribution is 0.839. The Morgan fingerprint density at radius 2 is 1.95 bits per heavy atom. The van der Waals surface area contributed by atoms with Crippen LogP contribution in [0.5, 0.6) is 0 Å². The Morgan fingerprint density at radius 3 is 2.86 bits per heavy atom. The van der Waals surface area contributed by atoms with Crippen LogP contribution in [0.1, 0.15) is 22.3 Å². The van der Waals surface area contributed by atoms with Gasteiger partial charge in [-0.25, -0.2) is 0 Å². The number of aromatic nitrogens is 1. The van der Waals surface area contributed by atoms with Crippen LogP contribution in [0.15, 0.2) is 42.6 Å². The van der Waals surface area contributed by atoms with Crippen molar-refractivity contribution in [1.29, 1.82) is 0 Å². The highest BCUT2D eigenvalue weighted by Gasteiger charge is 2.19. The highest BCUT2D eigenvalue weighted by Crippen LogP contribution is 2.31. The predicted octanol–water partition coefficient (Wildman–Crippen LogP) is 4.35. The van der Waals surface area contributed by atoms with Gasteiger partial charge in [0, 0.05) is 35.9 Å². The number of aryl methyl sites for hydroxylation is 2. The molecule has 0 radical (unpaired) electrons. The first-order valence-corrected chi connectivity index (χ1v) is 7.62. The second-order valence-corrected chi connectivity index (χ2v) is 6.17. The van der Waals surface area contributed by atoms with Crippen molar-refractivity contribution in [3.05, 3.63) is 64.8 Å². The van der Waals surface area contributed by atoms with Gasteiger partial charge in [0.15, 0.2) is 0 Å². The predicted molar refractivity (Wildman–Crippen MR) is 89.0 cm³/mol. The number of nitrogens with one attached hydrogen (secondary N) is 1.